The van der Waals surface area contributed by atoms with Crippen molar-refractivity contribution in [2.75, 3.05) is 32.7 Å². The van der Waals surface area contributed by atoms with Gasteiger partial charge in [-0.1, -0.05) is 66.7 Å². The fraction of sp³-hybridized carbons (Fsp3) is 0.452. The molecule has 1 aromatic heterocycles. The standard InChI is InChI=1S/C31H38N2O3S/c34-30(35)29(28-14-8-20-37-28)33-22-26(27(23-33)25-12-5-2-6-13-25)21-32-18-16-31(36,17-19-32)15-7-11-24-9-3-1-4-10-24/h1-6,8-10,12-14,20,26-27,29,36H,7,11,15-19,21-23H2,(H,34,35)/t26-,27+,29?/m0/s1. The number of likely N-dealkylation sites (tertiary alicyclic amines) is 2. The number of thiophene rings is 1. The Morgan fingerprint density at radius 2 is 1.68 bits per heavy atom. The van der Waals surface area contributed by atoms with E-state index >= 15 is 0 Å². The molecule has 3 atom stereocenters. The molecule has 196 valence electrons. The molecule has 37 heavy (non-hydrogen) atoms. The molecule has 2 fully saturated rings. The second kappa shape index (κ2) is 11.9. The van der Waals surface area contributed by atoms with Gasteiger partial charge in [0.25, 0.3) is 0 Å². The van der Waals surface area contributed by atoms with Gasteiger partial charge in [0.15, 0.2) is 0 Å². The number of piperidine rings is 1. The third-order valence-corrected chi connectivity index (χ3v) is 9.26. The Morgan fingerprint density at radius 1 is 0.973 bits per heavy atom. The molecule has 0 radical (unpaired) electrons. The first-order valence-corrected chi connectivity index (χ1v) is 14.4. The highest BCUT2D eigenvalue weighted by atomic mass is 32.1. The summed E-state index contributed by atoms with van der Waals surface area (Å²) in [6.45, 7) is 4.25. The van der Waals surface area contributed by atoms with Crippen LogP contribution in [0.25, 0.3) is 0 Å². The number of nitrogens with zero attached hydrogens (tertiary/aromatic N) is 2. The maximum Gasteiger partial charge on any atom is 0.326 e. The van der Waals surface area contributed by atoms with Crippen LogP contribution in [0.2, 0.25) is 0 Å². The van der Waals surface area contributed by atoms with E-state index in [1.165, 1.54) is 22.5 Å². The molecule has 6 heteroatoms. The van der Waals surface area contributed by atoms with Crippen molar-refractivity contribution in [3.63, 3.8) is 0 Å². The predicted molar refractivity (Wildman–Crippen MR) is 149 cm³/mol. The normalized spacial score (nSPS) is 23.2. The number of rotatable bonds is 10. The number of hydrogen-bond acceptors (Lipinski definition) is 5. The van der Waals surface area contributed by atoms with Crippen molar-refractivity contribution in [2.24, 2.45) is 5.92 Å². The van der Waals surface area contributed by atoms with E-state index in [0.29, 0.717) is 11.8 Å². The second-order valence-corrected chi connectivity index (χ2v) is 11.8. The SMILES string of the molecule is O=C(O)C(c1cccs1)N1C[C@H](CN2CCC(O)(CCCc3ccccc3)CC2)[C@@H](c2ccccc2)C1. The summed E-state index contributed by atoms with van der Waals surface area (Å²) in [6.07, 6.45) is 4.48. The van der Waals surface area contributed by atoms with Crippen molar-refractivity contribution in [1.82, 2.24) is 9.80 Å². The van der Waals surface area contributed by atoms with Gasteiger partial charge in [-0.3, -0.25) is 9.69 Å². The van der Waals surface area contributed by atoms with Crippen LogP contribution in [-0.2, 0) is 11.2 Å². The van der Waals surface area contributed by atoms with Gasteiger partial charge in [0, 0.05) is 43.5 Å². The topological polar surface area (TPSA) is 64.0 Å². The number of aliphatic carboxylic acids is 1. The minimum absolute atomic E-state index is 0.301. The molecule has 5 nitrogen and oxygen atoms in total. The number of carboxylic acids is 1. The van der Waals surface area contributed by atoms with E-state index < -0.39 is 17.6 Å². The molecule has 0 saturated carbocycles. The van der Waals surface area contributed by atoms with Crippen LogP contribution in [0, 0.1) is 5.92 Å². The molecule has 0 aliphatic carbocycles. The summed E-state index contributed by atoms with van der Waals surface area (Å²) in [6, 6.07) is 24.4. The van der Waals surface area contributed by atoms with Crippen molar-refractivity contribution in [3.8, 4) is 0 Å². The Bertz CT molecular complexity index is 1110. The van der Waals surface area contributed by atoms with Crippen LogP contribution >= 0.6 is 11.3 Å². The third kappa shape index (κ3) is 6.50. The van der Waals surface area contributed by atoms with Crippen LogP contribution in [0.5, 0.6) is 0 Å². The summed E-state index contributed by atoms with van der Waals surface area (Å²) >= 11 is 1.52. The maximum atomic E-state index is 12.3. The lowest BCUT2D eigenvalue weighted by Crippen LogP contribution is -2.46. The molecule has 2 aromatic carbocycles. The zero-order chi connectivity index (χ0) is 25.7. The van der Waals surface area contributed by atoms with Gasteiger partial charge in [-0.05, 0) is 60.6 Å². The van der Waals surface area contributed by atoms with Gasteiger partial charge >= 0.3 is 5.97 Å². The second-order valence-electron chi connectivity index (χ2n) is 10.9. The Hall–Kier alpha value is -2.51. The Kier molecular flexibility index (Phi) is 8.40. The van der Waals surface area contributed by atoms with E-state index in [9.17, 15) is 15.0 Å². The summed E-state index contributed by atoms with van der Waals surface area (Å²) < 4.78 is 0. The zero-order valence-electron chi connectivity index (χ0n) is 21.4. The first kappa shape index (κ1) is 26.1. The minimum Gasteiger partial charge on any atom is -0.480 e. The molecule has 2 aliphatic heterocycles. The van der Waals surface area contributed by atoms with Gasteiger partial charge in [0.05, 0.1) is 5.60 Å². The number of aliphatic hydroxyl groups is 1. The van der Waals surface area contributed by atoms with Crippen LogP contribution in [0.3, 0.4) is 0 Å². The van der Waals surface area contributed by atoms with Crippen LogP contribution < -0.4 is 0 Å². The highest BCUT2D eigenvalue weighted by molar-refractivity contribution is 7.10. The van der Waals surface area contributed by atoms with Crippen molar-refractivity contribution < 1.29 is 15.0 Å². The average molecular weight is 519 g/mol. The largest absolute Gasteiger partial charge is 0.480 e. The molecule has 3 aromatic rings. The predicted octanol–water partition coefficient (Wildman–Crippen LogP) is 5.44. The number of aryl methyl sites for hydroxylation is 1. The molecule has 2 N–H and O–H groups in total. The van der Waals surface area contributed by atoms with Crippen molar-refractivity contribution in [2.45, 2.75) is 49.7 Å². The third-order valence-electron chi connectivity index (χ3n) is 8.34. The lowest BCUT2D eigenvalue weighted by atomic mass is 9.84. The minimum atomic E-state index is -0.770. The van der Waals surface area contributed by atoms with E-state index in [4.69, 9.17) is 0 Å². The summed E-state index contributed by atoms with van der Waals surface area (Å²) in [5.74, 6) is -0.114. The van der Waals surface area contributed by atoms with Crippen molar-refractivity contribution in [3.05, 3.63) is 94.2 Å². The molecule has 2 aliphatic rings. The van der Waals surface area contributed by atoms with Gasteiger partial charge in [0.2, 0.25) is 0 Å². The van der Waals surface area contributed by atoms with E-state index in [0.717, 1.165) is 69.7 Å². The summed E-state index contributed by atoms with van der Waals surface area (Å²) in [5, 5.41) is 23.3. The highest BCUT2D eigenvalue weighted by Gasteiger charge is 2.42. The first-order valence-electron chi connectivity index (χ1n) is 13.5. The maximum absolute atomic E-state index is 12.3. The lowest BCUT2D eigenvalue weighted by molar-refractivity contribution is -0.143. The molecular weight excluding hydrogens is 480 g/mol. The molecule has 5 rings (SSSR count). The molecule has 3 heterocycles. The molecular formula is C31H38N2O3S. The van der Waals surface area contributed by atoms with E-state index in [1.54, 1.807) is 0 Å². The van der Waals surface area contributed by atoms with Gasteiger partial charge in [-0.15, -0.1) is 11.3 Å². The Morgan fingerprint density at radius 3 is 2.32 bits per heavy atom. The van der Waals surface area contributed by atoms with E-state index in [1.807, 2.05) is 29.6 Å². The highest BCUT2D eigenvalue weighted by Crippen LogP contribution is 2.39. The van der Waals surface area contributed by atoms with Crippen LogP contribution in [-0.4, -0.2) is 64.3 Å². The molecule has 2 saturated heterocycles. The van der Waals surface area contributed by atoms with Crippen LogP contribution in [0.15, 0.2) is 78.2 Å². The summed E-state index contributed by atoms with van der Waals surface area (Å²) in [7, 11) is 0. The van der Waals surface area contributed by atoms with Crippen molar-refractivity contribution in [1.29, 1.82) is 0 Å². The van der Waals surface area contributed by atoms with Crippen LogP contribution in [0.1, 0.15) is 53.6 Å². The summed E-state index contributed by atoms with van der Waals surface area (Å²) in [5.41, 5.74) is 2.06. The van der Waals surface area contributed by atoms with Gasteiger partial charge in [-0.25, -0.2) is 0 Å². The van der Waals surface area contributed by atoms with Gasteiger partial charge in [-0.2, -0.15) is 0 Å². The van der Waals surface area contributed by atoms with Gasteiger partial charge in [0.1, 0.15) is 6.04 Å². The van der Waals surface area contributed by atoms with Crippen molar-refractivity contribution >= 4 is 17.3 Å². The smallest absolute Gasteiger partial charge is 0.326 e. The lowest BCUT2D eigenvalue weighted by Gasteiger charge is -2.40. The number of carboxylic acid groups (broad SMARTS) is 1. The molecule has 0 amide bonds. The molecule has 0 spiro atoms. The number of hydrogen-bond donors (Lipinski definition) is 2. The quantitative estimate of drug-likeness (QED) is 0.374. The monoisotopic (exact) mass is 518 g/mol. The van der Waals surface area contributed by atoms with E-state index in [-0.39, 0.29) is 0 Å². The fourth-order valence-electron chi connectivity index (χ4n) is 6.28. The van der Waals surface area contributed by atoms with Crippen LogP contribution in [0.4, 0.5) is 0 Å². The Balaban J connectivity index is 1.21. The van der Waals surface area contributed by atoms with Gasteiger partial charge < -0.3 is 15.1 Å². The Labute approximate surface area is 224 Å². The first-order chi connectivity index (χ1) is 18.0. The zero-order valence-corrected chi connectivity index (χ0v) is 22.2. The molecule has 0 bridgehead atoms. The fourth-order valence-corrected chi connectivity index (χ4v) is 7.13. The van der Waals surface area contributed by atoms with E-state index in [2.05, 4.69) is 58.3 Å². The average Bonchev–Trinajstić information content (AvgIpc) is 3.58. The number of carbonyl (C=O) groups is 1. The number of benzene rings is 2. The summed E-state index contributed by atoms with van der Waals surface area (Å²) in [4.78, 5) is 17.9. The molecule has 1 unspecified atom stereocenters.